The van der Waals surface area contributed by atoms with Gasteiger partial charge >= 0.3 is 0 Å². The number of pyridine rings is 1. The highest BCUT2D eigenvalue weighted by atomic mass is 14.9. The average molecular weight is 162 g/mol. The van der Waals surface area contributed by atoms with Crippen LogP contribution in [0.15, 0.2) is 12.3 Å². The molecule has 12 heavy (non-hydrogen) atoms. The van der Waals surface area contributed by atoms with E-state index in [4.69, 9.17) is 0 Å². The van der Waals surface area contributed by atoms with Crippen molar-refractivity contribution >= 4 is 0 Å². The number of fused-ring (bicyclic) bond motifs is 1. The van der Waals surface area contributed by atoms with Crippen LogP contribution in [0.25, 0.3) is 0 Å². The molecule has 1 atom stereocenters. The smallest absolute Gasteiger partial charge is 0.0452 e. The molecule has 2 nitrogen and oxygen atoms in total. The molecule has 0 saturated heterocycles. The Balaban J connectivity index is 2.42. The third kappa shape index (κ3) is 1.12. The first-order chi connectivity index (χ1) is 5.81. The van der Waals surface area contributed by atoms with Gasteiger partial charge in [0.1, 0.15) is 0 Å². The van der Waals surface area contributed by atoms with Crippen molar-refractivity contribution in [3.8, 4) is 0 Å². The van der Waals surface area contributed by atoms with Crippen LogP contribution in [0.3, 0.4) is 0 Å². The molecule has 1 aromatic rings. The molecule has 1 aliphatic carbocycles. The van der Waals surface area contributed by atoms with Gasteiger partial charge in [0.05, 0.1) is 0 Å². The summed E-state index contributed by atoms with van der Waals surface area (Å²) in [5, 5.41) is 3.31. The van der Waals surface area contributed by atoms with Gasteiger partial charge in [-0.05, 0) is 37.9 Å². The van der Waals surface area contributed by atoms with Crippen LogP contribution in [0.2, 0.25) is 0 Å². The summed E-state index contributed by atoms with van der Waals surface area (Å²) < 4.78 is 0. The fourth-order valence-corrected chi connectivity index (χ4v) is 1.87. The highest BCUT2D eigenvalue weighted by Crippen LogP contribution is 2.29. The molecule has 64 valence electrons. The second kappa shape index (κ2) is 2.87. The number of hydrogen-bond acceptors (Lipinski definition) is 2. The highest BCUT2D eigenvalue weighted by Gasteiger charge is 2.21. The summed E-state index contributed by atoms with van der Waals surface area (Å²) >= 11 is 0. The van der Waals surface area contributed by atoms with Gasteiger partial charge in [0.2, 0.25) is 0 Å². The largest absolute Gasteiger partial charge is 0.313 e. The second-order valence-corrected chi connectivity index (χ2v) is 3.43. The standard InChI is InChI=1S/C10H14N2/c1-7-5-8-9(11-2)3-4-10(8)12-6-7/h5-6,9,11H,3-4H2,1-2H3. The molecule has 1 aromatic heterocycles. The van der Waals surface area contributed by atoms with E-state index >= 15 is 0 Å². The Morgan fingerprint density at radius 3 is 3.17 bits per heavy atom. The van der Waals surface area contributed by atoms with Crippen LogP contribution in [0.4, 0.5) is 0 Å². The Labute approximate surface area is 73.0 Å². The van der Waals surface area contributed by atoms with Crippen molar-refractivity contribution in [2.75, 3.05) is 7.05 Å². The summed E-state index contributed by atoms with van der Waals surface area (Å²) in [5.74, 6) is 0. The minimum atomic E-state index is 0.535. The monoisotopic (exact) mass is 162 g/mol. The highest BCUT2D eigenvalue weighted by molar-refractivity contribution is 5.31. The second-order valence-electron chi connectivity index (χ2n) is 3.43. The Bertz CT molecular complexity index is 294. The zero-order chi connectivity index (χ0) is 8.55. The molecule has 0 bridgehead atoms. The van der Waals surface area contributed by atoms with Crippen molar-refractivity contribution in [2.45, 2.75) is 25.8 Å². The molecular formula is C10H14N2. The van der Waals surface area contributed by atoms with E-state index in [0.29, 0.717) is 6.04 Å². The van der Waals surface area contributed by atoms with Gasteiger partial charge in [-0.3, -0.25) is 4.98 Å². The Hall–Kier alpha value is -0.890. The van der Waals surface area contributed by atoms with E-state index in [-0.39, 0.29) is 0 Å². The fraction of sp³-hybridized carbons (Fsp3) is 0.500. The van der Waals surface area contributed by atoms with Crippen LogP contribution in [0.5, 0.6) is 0 Å². The van der Waals surface area contributed by atoms with E-state index in [1.54, 1.807) is 0 Å². The quantitative estimate of drug-likeness (QED) is 0.678. The van der Waals surface area contributed by atoms with Crippen LogP contribution in [-0.2, 0) is 6.42 Å². The summed E-state index contributed by atoms with van der Waals surface area (Å²) in [5.41, 5.74) is 3.94. The SMILES string of the molecule is CNC1CCc2ncc(C)cc21. The van der Waals surface area contributed by atoms with E-state index < -0.39 is 0 Å². The lowest BCUT2D eigenvalue weighted by molar-refractivity contribution is 0.590. The number of nitrogens with zero attached hydrogens (tertiary/aromatic N) is 1. The summed E-state index contributed by atoms with van der Waals surface area (Å²) in [7, 11) is 2.02. The molecule has 0 fully saturated rings. The minimum absolute atomic E-state index is 0.535. The first-order valence-corrected chi connectivity index (χ1v) is 4.44. The number of aromatic nitrogens is 1. The molecule has 0 aromatic carbocycles. The topological polar surface area (TPSA) is 24.9 Å². The van der Waals surface area contributed by atoms with Crippen molar-refractivity contribution in [2.24, 2.45) is 0 Å². The van der Waals surface area contributed by atoms with E-state index in [2.05, 4.69) is 23.3 Å². The Morgan fingerprint density at radius 1 is 1.58 bits per heavy atom. The lowest BCUT2D eigenvalue weighted by Gasteiger charge is -2.09. The minimum Gasteiger partial charge on any atom is -0.313 e. The lowest BCUT2D eigenvalue weighted by Crippen LogP contribution is -2.12. The van der Waals surface area contributed by atoms with Gasteiger partial charge in [0.15, 0.2) is 0 Å². The van der Waals surface area contributed by atoms with Crippen molar-refractivity contribution in [1.29, 1.82) is 0 Å². The van der Waals surface area contributed by atoms with Gasteiger partial charge in [0.25, 0.3) is 0 Å². The van der Waals surface area contributed by atoms with E-state index in [1.165, 1.54) is 23.2 Å². The predicted molar refractivity (Wildman–Crippen MR) is 49.1 cm³/mol. The van der Waals surface area contributed by atoms with Gasteiger partial charge in [0, 0.05) is 17.9 Å². The first kappa shape index (κ1) is 7.74. The van der Waals surface area contributed by atoms with Crippen LogP contribution >= 0.6 is 0 Å². The van der Waals surface area contributed by atoms with Gasteiger partial charge in [-0.25, -0.2) is 0 Å². The van der Waals surface area contributed by atoms with Crippen LogP contribution in [0.1, 0.15) is 29.3 Å². The molecule has 1 unspecified atom stereocenters. The normalized spacial score (nSPS) is 21.0. The maximum Gasteiger partial charge on any atom is 0.0452 e. The molecule has 0 aliphatic heterocycles. The zero-order valence-corrected chi connectivity index (χ0v) is 7.59. The van der Waals surface area contributed by atoms with Crippen LogP contribution in [0, 0.1) is 6.92 Å². The number of hydrogen-bond donors (Lipinski definition) is 1. The van der Waals surface area contributed by atoms with Crippen LogP contribution < -0.4 is 5.32 Å². The van der Waals surface area contributed by atoms with Crippen molar-refractivity contribution < 1.29 is 0 Å². The van der Waals surface area contributed by atoms with Crippen LogP contribution in [-0.4, -0.2) is 12.0 Å². The van der Waals surface area contributed by atoms with Gasteiger partial charge < -0.3 is 5.32 Å². The summed E-state index contributed by atoms with van der Waals surface area (Å²) in [6.07, 6.45) is 4.28. The van der Waals surface area contributed by atoms with E-state index in [1.807, 2.05) is 13.2 Å². The molecule has 1 heterocycles. The van der Waals surface area contributed by atoms with Gasteiger partial charge in [-0.15, -0.1) is 0 Å². The molecule has 2 heteroatoms. The molecule has 0 spiro atoms. The number of rotatable bonds is 1. The lowest BCUT2D eigenvalue weighted by atomic mass is 10.1. The molecule has 1 N–H and O–H groups in total. The number of aryl methyl sites for hydroxylation is 2. The molecule has 1 aliphatic rings. The van der Waals surface area contributed by atoms with Gasteiger partial charge in [-0.1, -0.05) is 6.07 Å². The number of nitrogens with one attached hydrogen (secondary N) is 1. The Kier molecular flexibility index (Phi) is 1.85. The molecule has 0 radical (unpaired) electrons. The predicted octanol–water partition coefficient (Wildman–Crippen LogP) is 1.60. The molecular weight excluding hydrogens is 148 g/mol. The first-order valence-electron chi connectivity index (χ1n) is 4.44. The van der Waals surface area contributed by atoms with Crippen molar-refractivity contribution in [3.05, 3.63) is 29.1 Å². The summed E-state index contributed by atoms with van der Waals surface area (Å²) in [4.78, 5) is 4.42. The van der Waals surface area contributed by atoms with Crippen molar-refractivity contribution in [3.63, 3.8) is 0 Å². The third-order valence-electron chi connectivity index (χ3n) is 2.53. The fourth-order valence-electron chi connectivity index (χ4n) is 1.87. The van der Waals surface area contributed by atoms with Crippen molar-refractivity contribution in [1.82, 2.24) is 10.3 Å². The summed E-state index contributed by atoms with van der Waals surface area (Å²) in [6, 6.07) is 2.78. The molecule has 2 rings (SSSR count). The summed E-state index contributed by atoms with van der Waals surface area (Å²) in [6.45, 7) is 2.10. The molecule has 0 saturated carbocycles. The van der Waals surface area contributed by atoms with E-state index in [0.717, 1.165) is 6.42 Å². The maximum atomic E-state index is 4.42. The zero-order valence-electron chi connectivity index (χ0n) is 7.59. The Morgan fingerprint density at radius 2 is 2.42 bits per heavy atom. The maximum absolute atomic E-state index is 4.42. The average Bonchev–Trinajstić information content (AvgIpc) is 2.46. The van der Waals surface area contributed by atoms with E-state index in [9.17, 15) is 0 Å². The third-order valence-corrected chi connectivity index (χ3v) is 2.53. The van der Waals surface area contributed by atoms with Gasteiger partial charge in [-0.2, -0.15) is 0 Å². The molecule has 0 amide bonds.